The highest BCUT2D eigenvalue weighted by Gasteiger charge is 2.36. The van der Waals surface area contributed by atoms with Crippen molar-refractivity contribution in [1.82, 2.24) is 9.97 Å². The SMILES string of the molecule is Cc1ccc(Nc2ncc(C(F)(F)F)c(N(C)c3ccc([N+](=O)[O-])cc3)n2)cc1. The minimum Gasteiger partial charge on any atom is -0.329 e. The van der Waals surface area contributed by atoms with E-state index in [4.69, 9.17) is 0 Å². The summed E-state index contributed by atoms with van der Waals surface area (Å²) >= 11 is 0. The van der Waals surface area contributed by atoms with E-state index in [1.165, 1.54) is 36.2 Å². The van der Waals surface area contributed by atoms with E-state index in [1.54, 1.807) is 12.1 Å². The van der Waals surface area contributed by atoms with Crippen molar-refractivity contribution in [1.29, 1.82) is 0 Å². The zero-order chi connectivity index (χ0) is 21.2. The van der Waals surface area contributed by atoms with Crippen molar-refractivity contribution in [3.8, 4) is 0 Å². The van der Waals surface area contributed by atoms with Crippen LogP contribution in [0.2, 0.25) is 0 Å². The molecule has 0 unspecified atom stereocenters. The largest absolute Gasteiger partial charge is 0.421 e. The molecular weight excluding hydrogens is 387 g/mol. The molecule has 150 valence electrons. The molecule has 2 aromatic carbocycles. The average Bonchev–Trinajstić information content (AvgIpc) is 2.68. The van der Waals surface area contributed by atoms with E-state index in [-0.39, 0.29) is 17.5 Å². The number of anilines is 4. The van der Waals surface area contributed by atoms with Gasteiger partial charge < -0.3 is 10.2 Å². The molecule has 29 heavy (non-hydrogen) atoms. The van der Waals surface area contributed by atoms with Gasteiger partial charge in [-0.1, -0.05) is 17.7 Å². The number of aromatic nitrogens is 2. The van der Waals surface area contributed by atoms with E-state index < -0.39 is 16.7 Å². The Hall–Kier alpha value is -3.69. The number of nitrogens with one attached hydrogen (secondary N) is 1. The molecule has 0 amide bonds. The molecule has 0 bridgehead atoms. The minimum atomic E-state index is -4.67. The summed E-state index contributed by atoms with van der Waals surface area (Å²) in [5.74, 6) is -0.387. The lowest BCUT2D eigenvalue weighted by Crippen LogP contribution is -2.19. The van der Waals surface area contributed by atoms with Crippen molar-refractivity contribution in [3.63, 3.8) is 0 Å². The number of nitro groups is 1. The molecule has 0 atom stereocenters. The monoisotopic (exact) mass is 403 g/mol. The van der Waals surface area contributed by atoms with Gasteiger partial charge in [-0.3, -0.25) is 10.1 Å². The van der Waals surface area contributed by atoms with Gasteiger partial charge in [0, 0.05) is 36.8 Å². The Balaban J connectivity index is 1.99. The first-order chi connectivity index (χ1) is 13.6. The summed E-state index contributed by atoms with van der Waals surface area (Å²) < 4.78 is 40.4. The van der Waals surface area contributed by atoms with Gasteiger partial charge in [-0.2, -0.15) is 18.2 Å². The van der Waals surface area contributed by atoms with Gasteiger partial charge in [-0.05, 0) is 31.2 Å². The molecular formula is C19H16F3N5O2. The number of benzene rings is 2. The Morgan fingerprint density at radius 2 is 1.69 bits per heavy atom. The normalized spacial score (nSPS) is 11.2. The van der Waals surface area contributed by atoms with Gasteiger partial charge in [-0.25, -0.2) is 4.98 Å². The average molecular weight is 403 g/mol. The third-order valence-electron chi connectivity index (χ3n) is 4.15. The molecule has 1 N–H and O–H groups in total. The molecule has 3 rings (SSSR count). The fourth-order valence-electron chi connectivity index (χ4n) is 2.57. The molecule has 0 aliphatic carbocycles. The molecule has 3 aromatic rings. The van der Waals surface area contributed by atoms with Gasteiger partial charge in [0.1, 0.15) is 5.56 Å². The Bertz CT molecular complexity index is 1020. The zero-order valence-corrected chi connectivity index (χ0v) is 15.4. The van der Waals surface area contributed by atoms with Crippen molar-refractivity contribution in [2.45, 2.75) is 13.1 Å². The third kappa shape index (κ3) is 4.60. The second kappa shape index (κ2) is 7.74. The summed E-state index contributed by atoms with van der Waals surface area (Å²) in [6, 6.07) is 12.3. The zero-order valence-electron chi connectivity index (χ0n) is 15.4. The maximum atomic E-state index is 13.5. The van der Waals surface area contributed by atoms with Crippen LogP contribution in [-0.2, 0) is 6.18 Å². The van der Waals surface area contributed by atoms with Crippen molar-refractivity contribution in [2.24, 2.45) is 0 Å². The maximum Gasteiger partial charge on any atom is 0.421 e. The molecule has 0 aliphatic heterocycles. The van der Waals surface area contributed by atoms with Crippen LogP contribution in [0.1, 0.15) is 11.1 Å². The number of nitro benzene ring substituents is 1. The summed E-state index contributed by atoms with van der Waals surface area (Å²) in [5, 5.41) is 13.7. The summed E-state index contributed by atoms with van der Waals surface area (Å²) in [7, 11) is 1.40. The molecule has 0 fully saturated rings. The molecule has 0 radical (unpaired) electrons. The lowest BCUT2D eigenvalue weighted by Gasteiger charge is -2.22. The molecule has 0 saturated heterocycles. The first kappa shape index (κ1) is 20.1. The fourth-order valence-corrected chi connectivity index (χ4v) is 2.57. The molecule has 1 aromatic heterocycles. The summed E-state index contributed by atoms with van der Waals surface area (Å²) in [5.41, 5.74) is 0.776. The van der Waals surface area contributed by atoms with Crippen LogP contribution in [0.3, 0.4) is 0 Å². The van der Waals surface area contributed by atoms with Crippen molar-refractivity contribution in [2.75, 3.05) is 17.3 Å². The van der Waals surface area contributed by atoms with Crippen LogP contribution in [0.4, 0.5) is 42.0 Å². The van der Waals surface area contributed by atoms with Crippen LogP contribution in [0, 0.1) is 17.0 Å². The number of rotatable bonds is 5. The minimum absolute atomic E-state index is 0.00869. The highest BCUT2D eigenvalue weighted by molar-refractivity contribution is 5.66. The first-order valence-corrected chi connectivity index (χ1v) is 8.41. The highest BCUT2D eigenvalue weighted by atomic mass is 19.4. The van der Waals surface area contributed by atoms with Gasteiger partial charge in [0.15, 0.2) is 5.82 Å². The molecule has 0 spiro atoms. The Labute approximate surface area is 164 Å². The van der Waals surface area contributed by atoms with Gasteiger partial charge in [-0.15, -0.1) is 0 Å². The fraction of sp³-hybridized carbons (Fsp3) is 0.158. The molecule has 1 heterocycles. The smallest absolute Gasteiger partial charge is 0.329 e. The number of nitrogens with zero attached hydrogens (tertiary/aromatic N) is 4. The summed E-state index contributed by atoms with van der Waals surface area (Å²) in [6.07, 6.45) is -3.96. The van der Waals surface area contributed by atoms with Crippen molar-refractivity contribution in [3.05, 3.63) is 76.0 Å². The van der Waals surface area contributed by atoms with E-state index in [9.17, 15) is 23.3 Å². The number of aryl methyl sites for hydroxylation is 1. The topological polar surface area (TPSA) is 84.2 Å². The molecule has 7 nitrogen and oxygen atoms in total. The van der Waals surface area contributed by atoms with E-state index in [0.29, 0.717) is 17.6 Å². The van der Waals surface area contributed by atoms with Crippen LogP contribution in [0.5, 0.6) is 0 Å². The van der Waals surface area contributed by atoms with Gasteiger partial charge >= 0.3 is 6.18 Å². The van der Waals surface area contributed by atoms with Crippen LogP contribution in [0.25, 0.3) is 0 Å². The number of hydrogen-bond donors (Lipinski definition) is 1. The van der Waals surface area contributed by atoms with Crippen LogP contribution in [-0.4, -0.2) is 21.9 Å². The van der Waals surface area contributed by atoms with Gasteiger partial charge in [0.05, 0.1) is 4.92 Å². The third-order valence-corrected chi connectivity index (χ3v) is 4.15. The first-order valence-electron chi connectivity index (χ1n) is 8.41. The molecule has 0 saturated carbocycles. The maximum absolute atomic E-state index is 13.5. The lowest BCUT2D eigenvalue weighted by molar-refractivity contribution is -0.384. The van der Waals surface area contributed by atoms with E-state index >= 15 is 0 Å². The van der Waals surface area contributed by atoms with E-state index in [2.05, 4.69) is 15.3 Å². The van der Waals surface area contributed by atoms with Crippen LogP contribution < -0.4 is 10.2 Å². The second-order valence-electron chi connectivity index (χ2n) is 6.25. The van der Waals surface area contributed by atoms with Crippen molar-refractivity contribution < 1.29 is 18.1 Å². The summed E-state index contributed by atoms with van der Waals surface area (Å²) in [6.45, 7) is 1.91. The Kier molecular flexibility index (Phi) is 5.35. The quantitative estimate of drug-likeness (QED) is 0.464. The van der Waals surface area contributed by atoms with Gasteiger partial charge in [0.25, 0.3) is 5.69 Å². The second-order valence-corrected chi connectivity index (χ2v) is 6.25. The molecule has 10 heteroatoms. The number of alkyl halides is 3. The standard InChI is InChI=1S/C19H16F3N5O2/c1-12-3-5-13(6-4-12)24-18-23-11-16(19(20,21)22)17(25-18)26(2)14-7-9-15(10-8-14)27(28)29/h3-11H,1-2H3,(H,23,24,25). The highest BCUT2D eigenvalue weighted by Crippen LogP contribution is 2.38. The van der Waals surface area contributed by atoms with Crippen LogP contribution in [0.15, 0.2) is 54.7 Å². The molecule has 0 aliphatic rings. The Morgan fingerprint density at radius 3 is 2.24 bits per heavy atom. The predicted octanol–water partition coefficient (Wildman–Crippen LogP) is 5.22. The predicted molar refractivity (Wildman–Crippen MR) is 103 cm³/mol. The summed E-state index contributed by atoms with van der Waals surface area (Å²) in [4.78, 5) is 19.2. The van der Waals surface area contributed by atoms with Crippen molar-refractivity contribution >= 4 is 28.8 Å². The number of non-ortho nitro benzene ring substituents is 1. The Morgan fingerprint density at radius 1 is 1.07 bits per heavy atom. The number of halogens is 3. The van der Waals surface area contributed by atoms with E-state index in [0.717, 1.165) is 5.56 Å². The van der Waals surface area contributed by atoms with Gasteiger partial charge in [0.2, 0.25) is 5.95 Å². The van der Waals surface area contributed by atoms with E-state index in [1.807, 2.05) is 19.1 Å². The number of hydrogen-bond acceptors (Lipinski definition) is 6. The lowest BCUT2D eigenvalue weighted by atomic mass is 10.2. The van der Waals surface area contributed by atoms with Crippen LogP contribution >= 0.6 is 0 Å².